The Bertz CT molecular complexity index is 445. The molecule has 0 heterocycles. The number of fused-ring (bicyclic) bond motifs is 1. The van der Waals surface area contributed by atoms with E-state index in [9.17, 15) is 5.11 Å². The summed E-state index contributed by atoms with van der Waals surface area (Å²) in [5.74, 6) is 0.469. The number of hydrogen-bond acceptors (Lipinski definition) is 3. The Morgan fingerprint density at radius 2 is 2.14 bits per heavy atom. The highest BCUT2D eigenvalue weighted by Gasteiger charge is 2.25. The molecule has 1 atom stereocenters. The van der Waals surface area contributed by atoms with E-state index in [0.29, 0.717) is 17.9 Å². The molecular weight excluding hydrogens is 262 g/mol. The maximum atomic E-state index is 9.95. The molecule has 1 aromatic carbocycles. The van der Waals surface area contributed by atoms with Crippen molar-refractivity contribution in [1.82, 2.24) is 4.90 Å². The summed E-state index contributed by atoms with van der Waals surface area (Å²) < 4.78 is 5.72. The van der Waals surface area contributed by atoms with Gasteiger partial charge in [0.05, 0.1) is 12.7 Å². The molecule has 0 saturated heterocycles. The quantitative estimate of drug-likeness (QED) is 0.836. The fourth-order valence-electron chi connectivity index (χ4n) is 3.25. The molecule has 0 aromatic heterocycles. The topological polar surface area (TPSA) is 32.7 Å². The van der Waals surface area contributed by atoms with E-state index in [1.807, 2.05) is 6.07 Å². The Morgan fingerprint density at radius 1 is 1.33 bits per heavy atom. The number of aromatic hydroxyl groups is 1. The summed E-state index contributed by atoms with van der Waals surface area (Å²) in [6.07, 6.45) is 4.64. The summed E-state index contributed by atoms with van der Waals surface area (Å²) in [7, 11) is 0. The number of nitrogens with zero attached hydrogens (tertiary/aromatic N) is 1. The van der Waals surface area contributed by atoms with Gasteiger partial charge in [0.15, 0.2) is 0 Å². The summed E-state index contributed by atoms with van der Waals surface area (Å²) in [4.78, 5) is 2.56. The fourth-order valence-corrected chi connectivity index (χ4v) is 3.25. The summed E-state index contributed by atoms with van der Waals surface area (Å²) >= 11 is 0. The van der Waals surface area contributed by atoms with E-state index >= 15 is 0 Å². The maximum absolute atomic E-state index is 9.95. The van der Waals surface area contributed by atoms with E-state index < -0.39 is 0 Å². The maximum Gasteiger partial charge on any atom is 0.119 e. The number of phenolic OH excluding ortho intramolecular Hbond substituents is 1. The van der Waals surface area contributed by atoms with Gasteiger partial charge in [0, 0.05) is 12.6 Å². The van der Waals surface area contributed by atoms with Crippen molar-refractivity contribution in [3.05, 3.63) is 29.3 Å². The van der Waals surface area contributed by atoms with Crippen LogP contribution < -0.4 is 0 Å². The summed E-state index contributed by atoms with van der Waals surface area (Å²) in [5, 5.41) is 9.95. The molecule has 0 spiro atoms. The van der Waals surface area contributed by atoms with Crippen molar-refractivity contribution < 1.29 is 9.84 Å². The van der Waals surface area contributed by atoms with Crippen molar-refractivity contribution in [3.8, 4) is 5.75 Å². The normalized spacial score (nSPS) is 18.2. The van der Waals surface area contributed by atoms with E-state index in [4.69, 9.17) is 4.74 Å². The number of benzene rings is 1. The lowest BCUT2D eigenvalue weighted by Gasteiger charge is -2.35. The van der Waals surface area contributed by atoms with Crippen LogP contribution >= 0.6 is 0 Å². The molecule has 0 amide bonds. The lowest BCUT2D eigenvalue weighted by Crippen LogP contribution is -2.42. The van der Waals surface area contributed by atoms with Crippen molar-refractivity contribution in [2.45, 2.75) is 58.6 Å². The van der Waals surface area contributed by atoms with Crippen LogP contribution in [-0.2, 0) is 17.6 Å². The fraction of sp³-hybridized carbons (Fsp3) is 0.667. The van der Waals surface area contributed by atoms with E-state index in [-0.39, 0.29) is 0 Å². The average Bonchev–Trinajstić information content (AvgIpc) is 2.46. The molecule has 1 aliphatic carbocycles. The van der Waals surface area contributed by atoms with Crippen molar-refractivity contribution in [2.75, 3.05) is 19.7 Å². The van der Waals surface area contributed by atoms with Gasteiger partial charge in [-0.2, -0.15) is 0 Å². The van der Waals surface area contributed by atoms with Crippen LogP contribution in [0.15, 0.2) is 18.2 Å². The van der Waals surface area contributed by atoms with E-state index in [1.165, 1.54) is 12.0 Å². The average molecular weight is 291 g/mol. The van der Waals surface area contributed by atoms with Crippen molar-refractivity contribution in [2.24, 2.45) is 0 Å². The summed E-state index contributed by atoms with van der Waals surface area (Å²) in [6.45, 7) is 9.35. The van der Waals surface area contributed by atoms with Gasteiger partial charge in [0.1, 0.15) is 5.75 Å². The third-order valence-electron chi connectivity index (χ3n) is 4.29. The van der Waals surface area contributed by atoms with Gasteiger partial charge in [-0.05, 0) is 63.3 Å². The number of ether oxygens (including phenoxy) is 1. The molecule has 118 valence electrons. The zero-order chi connectivity index (χ0) is 15.2. The lowest BCUT2D eigenvalue weighted by molar-refractivity contribution is 0.0465. The molecule has 3 nitrogen and oxygen atoms in total. The van der Waals surface area contributed by atoms with Gasteiger partial charge in [-0.15, -0.1) is 0 Å². The van der Waals surface area contributed by atoms with E-state index in [0.717, 1.165) is 44.5 Å². The van der Waals surface area contributed by atoms with Crippen LogP contribution in [0.25, 0.3) is 0 Å². The highest BCUT2D eigenvalue weighted by molar-refractivity contribution is 5.41. The molecule has 1 aliphatic rings. The molecule has 1 N–H and O–H groups in total. The Labute approximate surface area is 128 Å². The highest BCUT2D eigenvalue weighted by Crippen LogP contribution is 2.30. The second-order valence-corrected chi connectivity index (χ2v) is 6.27. The molecule has 0 aliphatic heterocycles. The van der Waals surface area contributed by atoms with Crippen LogP contribution in [0.1, 0.15) is 44.7 Å². The number of phenols is 1. The number of rotatable bonds is 7. The Morgan fingerprint density at radius 3 is 2.86 bits per heavy atom. The minimum Gasteiger partial charge on any atom is -0.508 e. The Hall–Kier alpha value is -1.06. The molecule has 0 saturated carbocycles. The SMILES string of the molecule is CCCN(CCOC(C)C)C1CCc2c(O)cccc2C1. The summed E-state index contributed by atoms with van der Waals surface area (Å²) in [5.41, 5.74) is 2.47. The van der Waals surface area contributed by atoms with Crippen LogP contribution in [0.4, 0.5) is 0 Å². The molecule has 21 heavy (non-hydrogen) atoms. The zero-order valence-electron chi connectivity index (χ0n) is 13.6. The second-order valence-electron chi connectivity index (χ2n) is 6.27. The Kier molecular flexibility index (Phi) is 6.07. The standard InChI is InChI=1S/C18H29NO2/c1-4-10-19(11-12-21-14(2)3)16-8-9-17-15(13-16)6-5-7-18(17)20/h5-7,14,16,20H,4,8-13H2,1-3H3. The summed E-state index contributed by atoms with van der Waals surface area (Å²) in [6, 6.07) is 6.51. The van der Waals surface area contributed by atoms with Gasteiger partial charge in [0.25, 0.3) is 0 Å². The first-order valence-electron chi connectivity index (χ1n) is 8.27. The number of hydrogen-bond donors (Lipinski definition) is 1. The van der Waals surface area contributed by atoms with Crippen molar-refractivity contribution >= 4 is 0 Å². The first-order chi connectivity index (χ1) is 10.1. The highest BCUT2D eigenvalue weighted by atomic mass is 16.5. The molecular formula is C18H29NO2. The van der Waals surface area contributed by atoms with Gasteiger partial charge >= 0.3 is 0 Å². The van der Waals surface area contributed by atoms with Gasteiger partial charge < -0.3 is 9.84 Å². The predicted octanol–water partition coefficient (Wildman–Crippen LogP) is 3.39. The minimum absolute atomic E-state index is 0.303. The van der Waals surface area contributed by atoms with Crippen LogP contribution in [0.2, 0.25) is 0 Å². The monoisotopic (exact) mass is 291 g/mol. The largest absolute Gasteiger partial charge is 0.508 e. The smallest absolute Gasteiger partial charge is 0.119 e. The molecule has 1 unspecified atom stereocenters. The van der Waals surface area contributed by atoms with Gasteiger partial charge in [-0.3, -0.25) is 4.90 Å². The third kappa shape index (κ3) is 4.45. The zero-order valence-corrected chi connectivity index (χ0v) is 13.6. The van der Waals surface area contributed by atoms with E-state index in [2.05, 4.69) is 31.7 Å². The third-order valence-corrected chi connectivity index (χ3v) is 4.29. The van der Waals surface area contributed by atoms with Crippen LogP contribution in [0, 0.1) is 0 Å². The second kappa shape index (κ2) is 7.81. The molecule has 1 aromatic rings. The Balaban J connectivity index is 1.98. The molecule has 3 heteroatoms. The molecule has 0 radical (unpaired) electrons. The first-order valence-corrected chi connectivity index (χ1v) is 8.27. The van der Waals surface area contributed by atoms with E-state index in [1.54, 1.807) is 6.07 Å². The molecule has 2 rings (SSSR count). The van der Waals surface area contributed by atoms with Crippen molar-refractivity contribution in [1.29, 1.82) is 0 Å². The molecule has 0 fully saturated rings. The molecule has 0 bridgehead atoms. The van der Waals surface area contributed by atoms with Crippen LogP contribution in [0.3, 0.4) is 0 Å². The predicted molar refractivity (Wildman–Crippen MR) is 86.9 cm³/mol. The van der Waals surface area contributed by atoms with Crippen LogP contribution in [0.5, 0.6) is 5.75 Å². The van der Waals surface area contributed by atoms with Crippen LogP contribution in [-0.4, -0.2) is 41.8 Å². The van der Waals surface area contributed by atoms with Gasteiger partial charge in [-0.25, -0.2) is 0 Å². The van der Waals surface area contributed by atoms with Gasteiger partial charge in [-0.1, -0.05) is 19.1 Å². The van der Waals surface area contributed by atoms with Crippen molar-refractivity contribution in [3.63, 3.8) is 0 Å². The first kappa shape index (κ1) is 16.3. The van der Waals surface area contributed by atoms with Gasteiger partial charge in [0.2, 0.25) is 0 Å². The minimum atomic E-state index is 0.303. The lowest BCUT2D eigenvalue weighted by atomic mass is 9.87.